The molecule has 1 aliphatic carbocycles. The summed E-state index contributed by atoms with van der Waals surface area (Å²) in [6.07, 6.45) is 3.76. The van der Waals surface area contributed by atoms with Crippen LogP contribution in [0.5, 0.6) is 0 Å². The molecule has 1 saturated carbocycles. The highest BCUT2D eigenvalue weighted by Crippen LogP contribution is 2.23. The van der Waals surface area contributed by atoms with Crippen molar-refractivity contribution in [1.29, 1.82) is 0 Å². The second-order valence-corrected chi connectivity index (χ2v) is 4.67. The molecule has 0 radical (unpaired) electrons. The molecule has 3 amide bonds. The Labute approximate surface area is 112 Å². The van der Waals surface area contributed by atoms with Crippen LogP contribution in [-0.2, 0) is 9.59 Å². The van der Waals surface area contributed by atoms with Crippen LogP contribution in [0.2, 0.25) is 0 Å². The van der Waals surface area contributed by atoms with Crippen LogP contribution < -0.4 is 10.6 Å². The topological polar surface area (TPSA) is 98.7 Å². The van der Waals surface area contributed by atoms with Gasteiger partial charge in [-0.15, -0.1) is 0 Å². The van der Waals surface area contributed by atoms with Crippen molar-refractivity contribution >= 4 is 17.9 Å². The molecule has 7 heteroatoms. The Morgan fingerprint density at radius 3 is 2.26 bits per heavy atom. The molecule has 0 heterocycles. The number of carboxylic acids is 1. The van der Waals surface area contributed by atoms with E-state index in [1.54, 1.807) is 0 Å². The zero-order valence-electron chi connectivity index (χ0n) is 11.1. The molecule has 0 bridgehead atoms. The smallest absolute Gasteiger partial charge is 0.323 e. The summed E-state index contributed by atoms with van der Waals surface area (Å²) < 4.78 is 0. The SMILES string of the molecule is CC(=O)NCCNC(=O)N(CC(=O)O)C1CCCC1. The van der Waals surface area contributed by atoms with Crippen molar-refractivity contribution in [2.24, 2.45) is 0 Å². The zero-order chi connectivity index (χ0) is 14.3. The van der Waals surface area contributed by atoms with Gasteiger partial charge in [0, 0.05) is 26.1 Å². The van der Waals surface area contributed by atoms with E-state index >= 15 is 0 Å². The van der Waals surface area contributed by atoms with E-state index in [1.807, 2.05) is 0 Å². The van der Waals surface area contributed by atoms with Crippen molar-refractivity contribution in [2.45, 2.75) is 38.6 Å². The Morgan fingerprint density at radius 2 is 1.74 bits per heavy atom. The number of carbonyl (C=O) groups excluding carboxylic acids is 2. The van der Waals surface area contributed by atoms with Gasteiger partial charge in [-0.05, 0) is 12.8 Å². The van der Waals surface area contributed by atoms with Gasteiger partial charge in [-0.2, -0.15) is 0 Å². The molecule has 0 spiro atoms. The van der Waals surface area contributed by atoms with Gasteiger partial charge in [0.2, 0.25) is 5.91 Å². The Bertz CT molecular complexity index is 340. The first-order chi connectivity index (χ1) is 9.00. The number of hydrogen-bond acceptors (Lipinski definition) is 3. The average molecular weight is 271 g/mol. The minimum absolute atomic E-state index is 0.0110. The van der Waals surface area contributed by atoms with Gasteiger partial charge in [-0.1, -0.05) is 12.8 Å². The molecule has 7 nitrogen and oxygen atoms in total. The lowest BCUT2D eigenvalue weighted by atomic mass is 10.2. The van der Waals surface area contributed by atoms with Crippen molar-refractivity contribution in [1.82, 2.24) is 15.5 Å². The summed E-state index contributed by atoms with van der Waals surface area (Å²) in [5.41, 5.74) is 0. The summed E-state index contributed by atoms with van der Waals surface area (Å²) in [6.45, 7) is 1.75. The number of urea groups is 1. The Kier molecular flexibility index (Phi) is 6.11. The lowest BCUT2D eigenvalue weighted by molar-refractivity contribution is -0.138. The van der Waals surface area contributed by atoms with E-state index in [4.69, 9.17) is 5.11 Å². The summed E-state index contributed by atoms with van der Waals surface area (Å²) in [5, 5.41) is 14.0. The second-order valence-electron chi connectivity index (χ2n) is 4.67. The van der Waals surface area contributed by atoms with Crippen LogP contribution in [0.15, 0.2) is 0 Å². The number of hydrogen-bond donors (Lipinski definition) is 3. The molecular formula is C12H21N3O4. The van der Waals surface area contributed by atoms with Crippen LogP contribution in [0.4, 0.5) is 4.79 Å². The molecule has 1 aliphatic rings. The molecule has 0 aromatic heterocycles. The Balaban J connectivity index is 2.42. The predicted molar refractivity (Wildman–Crippen MR) is 68.7 cm³/mol. The van der Waals surface area contributed by atoms with Crippen LogP contribution in [-0.4, -0.2) is 53.6 Å². The Hall–Kier alpha value is -1.79. The van der Waals surface area contributed by atoms with E-state index in [1.165, 1.54) is 11.8 Å². The predicted octanol–water partition coefficient (Wildman–Crippen LogP) is 0.161. The first-order valence-corrected chi connectivity index (χ1v) is 6.51. The Morgan fingerprint density at radius 1 is 1.16 bits per heavy atom. The zero-order valence-corrected chi connectivity index (χ0v) is 11.1. The van der Waals surface area contributed by atoms with Crippen molar-refractivity contribution in [3.63, 3.8) is 0 Å². The summed E-state index contributed by atoms with van der Waals surface area (Å²) in [6, 6.07) is -0.364. The summed E-state index contributed by atoms with van der Waals surface area (Å²) in [7, 11) is 0. The van der Waals surface area contributed by atoms with Crippen LogP contribution >= 0.6 is 0 Å². The summed E-state index contributed by atoms with van der Waals surface area (Å²) in [5.74, 6) is -1.17. The van der Waals surface area contributed by atoms with Crippen molar-refractivity contribution < 1.29 is 19.5 Å². The molecule has 0 aromatic carbocycles. The number of carbonyl (C=O) groups is 3. The number of carboxylic acid groups (broad SMARTS) is 1. The third kappa shape index (κ3) is 5.58. The third-order valence-electron chi connectivity index (χ3n) is 3.11. The van der Waals surface area contributed by atoms with E-state index in [0.717, 1.165) is 25.7 Å². The maximum atomic E-state index is 11.9. The molecule has 1 rings (SSSR count). The van der Waals surface area contributed by atoms with Gasteiger partial charge in [0.1, 0.15) is 6.54 Å². The monoisotopic (exact) mass is 271 g/mol. The molecule has 19 heavy (non-hydrogen) atoms. The highest BCUT2D eigenvalue weighted by Gasteiger charge is 2.27. The van der Waals surface area contributed by atoms with E-state index in [2.05, 4.69) is 10.6 Å². The summed E-state index contributed by atoms with van der Waals surface area (Å²) in [4.78, 5) is 34.8. The molecule has 0 atom stereocenters. The van der Waals surface area contributed by atoms with Crippen molar-refractivity contribution in [3.8, 4) is 0 Å². The minimum Gasteiger partial charge on any atom is -0.480 e. The lowest BCUT2D eigenvalue weighted by Gasteiger charge is -2.27. The highest BCUT2D eigenvalue weighted by atomic mass is 16.4. The second kappa shape index (κ2) is 7.60. The van der Waals surface area contributed by atoms with Gasteiger partial charge < -0.3 is 20.6 Å². The molecule has 0 aromatic rings. The van der Waals surface area contributed by atoms with Gasteiger partial charge in [-0.25, -0.2) is 4.79 Å². The van der Waals surface area contributed by atoms with Crippen molar-refractivity contribution in [3.05, 3.63) is 0 Å². The molecular weight excluding hydrogens is 250 g/mol. The molecule has 0 aliphatic heterocycles. The van der Waals surface area contributed by atoms with Crippen LogP contribution in [0.1, 0.15) is 32.6 Å². The van der Waals surface area contributed by atoms with Gasteiger partial charge in [0.15, 0.2) is 0 Å². The number of rotatable bonds is 6. The average Bonchev–Trinajstić information content (AvgIpc) is 2.84. The number of aliphatic carboxylic acids is 1. The van der Waals surface area contributed by atoms with Crippen LogP contribution in [0, 0.1) is 0 Å². The van der Waals surface area contributed by atoms with Gasteiger partial charge >= 0.3 is 12.0 Å². The number of nitrogens with one attached hydrogen (secondary N) is 2. The van der Waals surface area contributed by atoms with Gasteiger partial charge in [0.05, 0.1) is 0 Å². The van der Waals surface area contributed by atoms with E-state index < -0.39 is 5.97 Å². The van der Waals surface area contributed by atoms with E-state index in [-0.39, 0.29) is 24.5 Å². The molecule has 3 N–H and O–H groups in total. The largest absolute Gasteiger partial charge is 0.480 e. The van der Waals surface area contributed by atoms with Gasteiger partial charge in [-0.3, -0.25) is 9.59 Å². The maximum Gasteiger partial charge on any atom is 0.323 e. The quantitative estimate of drug-likeness (QED) is 0.599. The highest BCUT2D eigenvalue weighted by molar-refractivity contribution is 5.80. The molecule has 1 fully saturated rings. The number of nitrogens with zero attached hydrogens (tertiary/aromatic N) is 1. The molecule has 108 valence electrons. The normalized spacial score (nSPS) is 15.0. The van der Waals surface area contributed by atoms with Crippen LogP contribution in [0.25, 0.3) is 0 Å². The summed E-state index contributed by atoms with van der Waals surface area (Å²) >= 11 is 0. The first kappa shape index (κ1) is 15.3. The standard InChI is InChI=1S/C12H21N3O4/c1-9(16)13-6-7-14-12(19)15(8-11(17)18)10-4-2-3-5-10/h10H,2-8H2,1H3,(H,13,16)(H,14,19)(H,17,18). The first-order valence-electron chi connectivity index (χ1n) is 6.51. The van der Waals surface area contributed by atoms with E-state index in [9.17, 15) is 14.4 Å². The maximum absolute atomic E-state index is 11.9. The van der Waals surface area contributed by atoms with Gasteiger partial charge in [0.25, 0.3) is 0 Å². The fourth-order valence-corrected chi connectivity index (χ4v) is 2.24. The number of amides is 3. The minimum atomic E-state index is -1.01. The van der Waals surface area contributed by atoms with Crippen LogP contribution in [0.3, 0.4) is 0 Å². The molecule has 0 saturated heterocycles. The molecule has 0 unspecified atom stereocenters. The lowest BCUT2D eigenvalue weighted by Crippen LogP contribution is -2.49. The van der Waals surface area contributed by atoms with Crippen molar-refractivity contribution in [2.75, 3.05) is 19.6 Å². The fraction of sp³-hybridized carbons (Fsp3) is 0.750. The van der Waals surface area contributed by atoms with E-state index in [0.29, 0.717) is 13.1 Å². The third-order valence-corrected chi connectivity index (χ3v) is 3.11. The fourth-order valence-electron chi connectivity index (χ4n) is 2.24.